The summed E-state index contributed by atoms with van der Waals surface area (Å²) in [4.78, 5) is 57.3. The number of rotatable bonds is 16. The minimum Gasteiger partial charge on any atom is -0.472 e. The normalized spacial score (nSPS) is 11.4. The molecule has 35 heteroatoms. The van der Waals surface area contributed by atoms with Gasteiger partial charge in [-0.2, -0.15) is 70.3 Å². The predicted molar refractivity (Wildman–Crippen MR) is 407 cm³/mol. The Balaban J connectivity index is 0.000000133. The largest absolute Gasteiger partial charge is 0.472 e. The van der Waals surface area contributed by atoms with E-state index in [2.05, 4.69) is 67.9 Å². The van der Waals surface area contributed by atoms with Crippen LogP contribution in [0, 0.1) is 18.3 Å². The highest BCUT2D eigenvalue weighted by Crippen LogP contribution is 2.36. The van der Waals surface area contributed by atoms with Crippen molar-refractivity contribution in [3.05, 3.63) is 319 Å². The number of carbonyl (C=O) groups is 4. The maximum Gasteiger partial charge on any atom is 0.433 e. The highest BCUT2D eigenvalue weighted by molar-refractivity contribution is 7.14. The summed E-state index contributed by atoms with van der Waals surface area (Å²) in [6, 6.07) is 51.6. The Morgan fingerprint density at radius 3 is 1.43 bits per heavy atom. The minimum absolute atomic E-state index is 0.164. The first-order valence-corrected chi connectivity index (χ1v) is 35.4. The third-order valence-corrected chi connectivity index (χ3v) is 18.6. The number of nitrogens with one attached hydrogen (secondary N) is 4. The van der Waals surface area contributed by atoms with E-state index >= 15 is 0 Å². The van der Waals surface area contributed by atoms with Crippen molar-refractivity contribution >= 4 is 125 Å². The van der Waals surface area contributed by atoms with E-state index in [0.717, 1.165) is 63.2 Å². The molecule has 0 spiro atoms. The number of furan rings is 2. The van der Waals surface area contributed by atoms with Crippen LogP contribution in [-0.2, 0) is 44.7 Å². The summed E-state index contributed by atoms with van der Waals surface area (Å²) in [5.74, 6) is 0.314. The number of fused-ring (bicyclic) bond motifs is 4. The SMILES string of the molecule is Cc1occc1C(=O)Nc1nn(Cc2ccc(C(F)(F)F)cc2)c2cncc(Cl)c12.N#Cc1ccc(Cn2nc(NC(=O)c3cccnn3)c3ccccc32)cc1.O=C(Nc1nn(Cc2ccc(C(F)(F)F)cc2)c2ccccc12)c1ccsc1Cl.O=C(Nc1nn(Cc2ccc(C(F)(F)F)nc2)c2ccccc12)c1ccoc1. The number of aryl methyl sites for hydroxylation is 1. The molecule has 16 aromatic rings. The fraction of sp³-hybridized carbons (Fsp3) is 0.101. The van der Waals surface area contributed by atoms with E-state index in [9.17, 15) is 58.7 Å². The van der Waals surface area contributed by atoms with Gasteiger partial charge in [0.15, 0.2) is 29.0 Å². The zero-order valence-electron chi connectivity index (χ0n) is 58.7. The van der Waals surface area contributed by atoms with Crippen LogP contribution in [0.15, 0.2) is 246 Å². The van der Waals surface area contributed by atoms with Gasteiger partial charge >= 0.3 is 18.5 Å². The third-order valence-electron chi connectivity index (χ3n) is 17.2. The highest BCUT2D eigenvalue weighted by Gasteiger charge is 2.33. The van der Waals surface area contributed by atoms with Gasteiger partial charge < -0.3 is 30.1 Å². The number of benzene rings is 6. The number of alkyl halides is 9. The molecule has 114 heavy (non-hydrogen) atoms. The lowest BCUT2D eigenvalue weighted by Crippen LogP contribution is -2.15. The lowest BCUT2D eigenvalue weighted by atomic mass is 10.1. The van der Waals surface area contributed by atoms with Crippen LogP contribution in [-0.4, -0.2) is 82.9 Å². The first-order chi connectivity index (χ1) is 54.7. The van der Waals surface area contributed by atoms with Crippen LogP contribution in [0.5, 0.6) is 0 Å². The molecule has 6 aromatic carbocycles. The van der Waals surface area contributed by atoms with Crippen molar-refractivity contribution < 1.29 is 67.5 Å². The summed E-state index contributed by atoms with van der Waals surface area (Å²) in [6.07, 6.45) is -3.52. The Hall–Kier alpha value is -13.8. The van der Waals surface area contributed by atoms with Crippen molar-refractivity contribution in [2.24, 2.45) is 0 Å². The molecular formula is C79H54Cl2F9N17O6S. The van der Waals surface area contributed by atoms with Crippen molar-refractivity contribution in [3.63, 3.8) is 0 Å². The average Bonchev–Trinajstić information content (AvgIpc) is 2.08. The van der Waals surface area contributed by atoms with Gasteiger partial charge in [0.25, 0.3) is 23.6 Å². The summed E-state index contributed by atoms with van der Waals surface area (Å²) < 4.78 is 132. The van der Waals surface area contributed by atoms with Crippen LogP contribution in [0.2, 0.25) is 9.36 Å². The van der Waals surface area contributed by atoms with E-state index in [4.69, 9.17) is 37.3 Å². The van der Waals surface area contributed by atoms with Gasteiger partial charge in [0.05, 0.1) is 117 Å². The molecule has 0 unspecified atom stereocenters. The monoisotopic (exact) mass is 1610 g/mol. The number of hydrogen-bond donors (Lipinski definition) is 4. The third kappa shape index (κ3) is 18.4. The summed E-state index contributed by atoms with van der Waals surface area (Å²) >= 11 is 13.6. The average molecular weight is 1610 g/mol. The minimum atomic E-state index is -4.48. The smallest absolute Gasteiger partial charge is 0.433 e. The standard InChI is InChI=1S/C20H14ClF3N4O2.C20H13ClF3N3OS.C20H14N6O.C19H13F3N4O2/c1-11-14(6-7-30-11)19(29)26-18-17-15(21)8-25-9-16(17)28(27-18)10-12-2-4-13(5-3-12)20(22,23)24;21-17-15(9-10-29-17)19(28)25-18-14-3-1-2-4-16(14)27(26-18)11-12-5-7-13(8-6-12)20(22,23)24;21-12-14-7-9-15(10-8-14)13-26-18-6-2-1-4-16(18)19(25-26)23-20(27)17-5-3-11-22-24-17;20-19(21,22)16-6-5-12(9-23-16)10-26-15-4-2-1-3-14(15)17(25-26)24-18(27)13-7-8-28-11-13/h2-9H,10H2,1H3,(H,26,27,29);1-10H,11H2,(H,25,26,28);1-11H,13H2,(H,23,25,27);1-9,11H,10H2,(H,24,25,27). The van der Waals surface area contributed by atoms with Crippen LogP contribution in [0.3, 0.4) is 0 Å². The zero-order valence-corrected chi connectivity index (χ0v) is 61.0. The lowest BCUT2D eigenvalue weighted by Gasteiger charge is -2.08. The van der Waals surface area contributed by atoms with E-state index in [1.807, 2.05) is 83.5 Å². The number of nitriles is 1. The van der Waals surface area contributed by atoms with Gasteiger partial charge in [-0.05, 0) is 144 Å². The predicted octanol–water partition coefficient (Wildman–Crippen LogP) is 18.7. The highest BCUT2D eigenvalue weighted by atomic mass is 35.5. The van der Waals surface area contributed by atoms with Crippen LogP contribution in [0.25, 0.3) is 43.6 Å². The lowest BCUT2D eigenvalue weighted by molar-refractivity contribution is -0.141. The maximum atomic E-state index is 12.8. The summed E-state index contributed by atoms with van der Waals surface area (Å²) in [5, 5.41) is 50.1. The molecule has 0 bridgehead atoms. The number of pyridine rings is 2. The van der Waals surface area contributed by atoms with Crippen molar-refractivity contribution in [1.29, 1.82) is 5.26 Å². The van der Waals surface area contributed by atoms with Gasteiger partial charge in [0, 0.05) is 34.7 Å². The van der Waals surface area contributed by atoms with Crippen LogP contribution >= 0.6 is 34.5 Å². The van der Waals surface area contributed by atoms with E-state index in [1.165, 1.54) is 102 Å². The molecule has 4 N–H and O–H groups in total. The maximum absolute atomic E-state index is 12.8. The fourth-order valence-electron chi connectivity index (χ4n) is 11.6. The molecule has 23 nitrogen and oxygen atoms in total. The van der Waals surface area contributed by atoms with Gasteiger partial charge in [-0.3, -0.25) is 47.9 Å². The fourth-order valence-corrected chi connectivity index (χ4v) is 12.7. The first kappa shape index (κ1) is 78.3. The van der Waals surface area contributed by atoms with Crippen LogP contribution in [0.4, 0.5) is 62.8 Å². The van der Waals surface area contributed by atoms with Gasteiger partial charge in [-0.15, -0.1) is 16.4 Å². The van der Waals surface area contributed by atoms with Gasteiger partial charge in [0.1, 0.15) is 22.1 Å². The Kier molecular flexibility index (Phi) is 23.2. The molecular weight excluding hydrogens is 1560 g/mol. The van der Waals surface area contributed by atoms with Gasteiger partial charge in [0.2, 0.25) is 0 Å². The number of anilines is 4. The van der Waals surface area contributed by atoms with Crippen LogP contribution < -0.4 is 21.3 Å². The molecule has 0 saturated carbocycles. The number of amides is 4. The number of aromatic nitrogens is 12. The number of thiophene rings is 1. The second-order valence-corrected chi connectivity index (χ2v) is 26.7. The molecule has 0 radical (unpaired) electrons. The molecule has 0 aliphatic carbocycles. The molecule has 16 rings (SSSR count). The molecule has 0 saturated heterocycles. The quantitative estimate of drug-likeness (QED) is 0.0654. The first-order valence-electron chi connectivity index (χ1n) is 33.8. The molecule has 4 amide bonds. The second kappa shape index (κ2) is 33.8. The Labute approximate surface area is 651 Å². The van der Waals surface area contributed by atoms with Crippen molar-refractivity contribution in [2.45, 2.75) is 51.6 Å². The van der Waals surface area contributed by atoms with Gasteiger partial charge in [-0.1, -0.05) is 102 Å². The molecule has 10 aromatic heterocycles. The van der Waals surface area contributed by atoms with E-state index in [1.54, 1.807) is 58.1 Å². The second-order valence-electron chi connectivity index (χ2n) is 24.8. The van der Waals surface area contributed by atoms with Crippen molar-refractivity contribution in [1.82, 2.24) is 59.3 Å². The molecule has 0 aliphatic heterocycles. The van der Waals surface area contributed by atoms with Crippen molar-refractivity contribution in [2.75, 3.05) is 21.3 Å². The Morgan fingerprint density at radius 2 is 0.974 bits per heavy atom. The summed E-state index contributed by atoms with van der Waals surface area (Å²) in [7, 11) is 0. The van der Waals surface area contributed by atoms with E-state index < -0.39 is 41.3 Å². The van der Waals surface area contributed by atoms with Crippen molar-refractivity contribution in [3.8, 4) is 6.07 Å². The van der Waals surface area contributed by atoms with E-state index in [-0.39, 0.29) is 53.9 Å². The molecule has 574 valence electrons. The Bertz CT molecular complexity index is 6180. The van der Waals surface area contributed by atoms with Gasteiger partial charge in [-0.25, -0.2) is 0 Å². The number of carbonyl (C=O) groups excluding carboxylic acids is 4. The number of halogens is 11. The number of hydrogen-bond acceptors (Lipinski definition) is 16. The number of para-hydroxylation sites is 3. The van der Waals surface area contributed by atoms with E-state index in [0.29, 0.717) is 89.3 Å². The van der Waals surface area contributed by atoms with Crippen LogP contribution in [0.1, 0.15) is 92.0 Å². The molecule has 0 atom stereocenters. The summed E-state index contributed by atoms with van der Waals surface area (Å²) in [6.45, 7) is 2.80. The Morgan fingerprint density at radius 1 is 0.491 bits per heavy atom. The molecule has 10 heterocycles. The molecule has 0 fully saturated rings. The molecule has 0 aliphatic rings. The zero-order chi connectivity index (χ0) is 80.4. The topological polar surface area (TPSA) is 289 Å². The number of nitrogens with zero attached hydrogens (tertiary/aromatic N) is 13. The summed E-state index contributed by atoms with van der Waals surface area (Å²) in [5.41, 5.74) is 5.23.